The van der Waals surface area contributed by atoms with Gasteiger partial charge in [0.2, 0.25) is 15.9 Å². The Morgan fingerprint density at radius 1 is 1.13 bits per heavy atom. The van der Waals surface area contributed by atoms with Crippen molar-refractivity contribution in [2.75, 3.05) is 38.0 Å². The summed E-state index contributed by atoms with van der Waals surface area (Å²) >= 11 is 0. The lowest BCUT2D eigenvalue weighted by Gasteiger charge is -2.33. The maximum absolute atomic E-state index is 13.4. The molecule has 0 radical (unpaired) electrons. The largest absolute Gasteiger partial charge is 0.324 e. The van der Waals surface area contributed by atoms with Gasteiger partial charge in [-0.05, 0) is 31.2 Å². The summed E-state index contributed by atoms with van der Waals surface area (Å²) < 4.78 is 52.9. The zero-order valence-corrected chi connectivity index (χ0v) is 17.4. The van der Waals surface area contributed by atoms with Crippen LogP contribution >= 0.6 is 0 Å². The second-order valence-corrected chi connectivity index (χ2v) is 8.95. The topological polar surface area (TPSA) is 113 Å². The van der Waals surface area contributed by atoms with Crippen LogP contribution in [0.2, 0.25) is 0 Å². The molecule has 0 saturated carbocycles. The number of hydrogen-bond acceptors (Lipinski definition) is 6. The van der Waals surface area contributed by atoms with E-state index in [0.717, 1.165) is 16.4 Å². The number of sulfonamides is 1. The number of nitro groups is 1. The van der Waals surface area contributed by atoms with E-state index >= 15 is 0 Å². The molecule has 3 rings (SSSR count). The average molecular weight is 454 g/mol. The maximum atomic E-state index is 13.4. The van der Waals surface area contributed by atoms with Gasteiger partial charge in [0.25, 0.3) is 5.69 Å². The highest BCUT2D eigenvalue weighted by molar-refractivity contribution is 7.89. The van der Waals surface area contributed by atoms with Crippen molar-refractivity contribution in [2.24, 2.45) is 0 Å². The highest BCUT2D eigenvalue weighted by atomic mass is 32.2. The number of benzene rings is 2. The fourth-order valence-electron chi connectivity index (χ4n) is 3.26. The van der Waals surface area contributed by atoms with Crippen molar-refractivity contribution in [3.8, 4) is 0 Å². The normalized spacial score (nSPS) is 15.6. The number of hydrogen-bond donors (Lipinski definition) is 1. The molecule has 1 amide bonds. The van der Waals surface area contributed by atoms with Crippen LogP contribution in [-0.2, 0) is 14.8 Å². The smallest absolute Gasteiger partial charge is 0.274 e. The molecule has 2 aromatic rings. The third-order valence-corrected chi connectivity index (χ3v) is 6.90. The summed E-state index contributed by atoms with van der Waals surface area (Å²) in [7, 11) is -3.98. The lowest BCUT2D eigenvalue weighted by molar-refractivity contribution is -0.385. The number of nitrogens with zero attached hydrogens (tertiary/aromatic N) is 3. The number of anilines is 1. The first-order valence-electron chi connectivity index (χ1n) is 9.31. The van der Waals surface area contributed by atoms with Crippen molar-refractivity contribution in [1.29, 1.82) is 0 Å². The van der Waals surface area contributed by atoms with Crippen molar-refractivity contribution in [2.45, 2.75) is 11.8 Å². The molecule has 2 aromatic carbocycles. The zero-order valence-electron chi connectivity index (χ0n) is 16.5. The molecule has 0 aliphatic carbocycles. The molecule has 1 heterocycles. The van der Waals surface area contributed by atoms with Gasteiger partial charge in [0.15, 0.2) is 11.6 Å². The lowest BCUT2D eigenvalue weighted by Crippen LogP contribution is -2.50. The Bertz CT molecular complexity index is 1120. The summed E-state index contributed by atoms with van der Waals surface area (Å²) in [6.45, 7) is 2.17. The molecule has 31 heavy (non-hydrogen) atoms. The molecule has 0 spiro atoms. The number of nitrogens with one attached hydrogen (secondary N) is 1. The van der Waals surface area contributed by atoms with Gasteiger partial charge < -0.3 is 5.32 Å². The van der Waals surface area contributed by atoms with E-state index in [2.05, 4.69) is 5.32 Å². The van der Waals surface area contributed by atoms with Crippen molar-refractivity contribution < 1.29 is 26.9 Å². The Kier molecular flexibility index (Phi) is 6.62. The quantitative estimate of drug-likeness (QED) is 0.529. The molecule has 9 nitrogen and oxygen atoms in total. The number of amides is 1. The van der Waals surface area contributed by atoms with Crippen LogP contribution in [0.4, 0.5) is 20.2 Å². The summed E-state index contributed by atoms with van der Waals surface area (Å²) in [6.07, 6.45) is 0. The van der Waals surface area contributed by atoms with E-state index in [0.29, 0.717) is 17.3 Å². The van der Waals surface area contributed by atoms with Gasteiger partial charge in [0, 0.05) is 32.2 Å². The standard InChI is InChI=1S/C19H20F2N4O5S/c1-13-17(3-2-4-18(13)25(27)28)22-19(26)12-23-7-9-24(10-8-23)31(29,30)14-5-6-15(20)16(21)11-14/h2-6,11H,7-10,12H2,1H3,(H,22,26). The van der Waals surface area contributed by atoms with E-state index in [1.807, 2.05) is 0 Å². The number of nitro benzene ring substituents is 1. The molecule has 166 valence electrons. The monoisotopic (exact) mass is 454 g/mol. The SMILES string of the molecule is Cc1c(NC(=O)CN2CCN(S(=O)(=O)c3ccc(F)c(F)c3)CC2)cccc1[N+](=O)[O-]. The van der Waals surface area contributed by atoms with Crippen molar-refractivity contribution >= 4 is 27.3 Å². The minimum absolute atomic E-state index is 0.0266. The molecule has 12 heteroatoms. The van der Waals surface area contributed by atoms with Gasteiger partial charge in [-0.15, -0.1) is 0 Å². The first-order valence-corrected chi connectivity index (χ1v) is 10.7. The second kappa shape index (κ2) is 9.04. The van der Waals surface area contributed by atoms with Crippen LogP contribution < -0.4 is 5.32 Å². The average Bonchev–Trinajstić information content (AvgIpc) is 2.71. The highest BCUT2D eigenvalue weighted by Gasteiger charge is 2.30. The minimum Gasteiger partial charge on any atom is -0.324 e. The molecule has 0 atom stereocenters. The first-order chi connectivity index (χ1) is 14.6. The van der Waals surface area contributed by atoms with E-state index in [1.54, 1.807) is 11.0 Å². The molecular formula is C19H20F2N4O5S. The van der Waals surface area contributed by atoms with Gasteiger partial charge >= 0.3 is 0 Å². The predicted octanol–water partition coefficient (Wildman–Crippen LogP) is 2.13. The molecular weight excluding hydrogens is 434 g/mol. The Morgan fingerprint density at radius 3 is 2.42 bits per heavy atom. The molecule has 0 unspecified atom stereocenters. The van der Waals surface area contributed by atoms with E-state index in [4.69, 9.17) is 0 Å². The summed E-state index contributed by atoms with van der Waals surface area (Å²) in [4.78, 5) is 24.2. The van der Waals surface area contributed by atoms with Gasteiger partial charge in [0.1, 0.15) is 0 Å². The van der Waals surface area contributed by atoms with Crippen LogP contribution in [0, 0.1) is 28.7 Å². The zero-order chi connectivity index (χ0) is 22.8. The summed E-state index contributed by atoms with van der Waals surface area (Å²) in [5.41, 5.74) is 0.566. The van der Waals surface area contributed by atoms with Crippen molar-refractivity contribution in [3.63, 3.8) is 0 Å². The van der Waals surface area contributed by atoms with E-state index in [9.17, 15) is 32.1 Å². The van der Waals surface area contributed by atoms with Crippen LogP contribution in [0.3, 0.4) is 0 Å². The number of rotatable bonds is 6. The number of halogens is 2. The Morgan fingerprint density at radius 2 is 1.81 bits per heavy atom. The van der Waals surface area contributed by atoms with Crippen LogP contribution in [0.25, 0.3) is 0 Å². The number of piperazine rings is 1. The van der Waals surface area contributed by atoms with Crippen LogP contribution in [-0.4, -0.2) is 61.2 Å². The highest BCUT2D eigenvalue weighted by Crippen LogP contribution is 2.25. The van der Waals surface area contributed by atoms with Crippen molar-refractivity contribution in [1.82, 2.24) is 9.21 Å². The second-order valence-electron chi connectivity index (χ2n) is 7.01. The summed E-state index contributed by atoms with van der Waals surface area (Å²) in [6, 6.07) is 6.80. The van der Waals surface area contributed by atoms with Gasteiger partial charge in [0.05, 0.1) is 27.6 Å². The molecule has 0 aromatic heterocycles. The van der Waals surface area contributed by atoms with Crippen LogP contribution in [0.1, 0.15) is 5.56 Å². The summed E-state index contributed by atoms with van der Waals surface area (Å²) in [5.74, 6) is -2.76. The minimum atomic E-state index is -3.98. The van der Waals surface area contributed by atoms with Crippen molar-refractivity contribution in [3.05, 3.63) is 63.7 Å². The molecule has 1 N–H and O–H groups in total. The number of carbonyl (C=O) groups is 1. The number of carbonyl (C=O) groups excluding carboxylic acids is 1. The molecule has 1 aliphatic rings. The third-order valence-electron chi connectivity index (χ3n) is 5.00. The lowest BCUT2D eigenvalue weighted by atomic mass is 10.1. The molecule has 1 fully saturated rings. The van der Waals surface area contributed by atoms with E-state index in [1.165, 1.54) is 19.1 Å². The van der Waals surface area contributed by atoms with E-state index in [-0.39, 0.29) is 49.2 Å². The van der Waals surface area contributed by atoms with Gasteiger partial charge in [-0.25, -0.2) is 17.2 Å². The van der Waals surface area contributed by atoms with E-state index < -0.39 is 26.6 Å². The molecule has 0 bridgehead atoms. The fraction of sp³-hybridized carbons (Fsp3) is 0.316. The van der Waals surface area contributed by atoms with Gasteiger partial charge in [-0.2, -0.15) is 4.31 Å². The third kappa shape index (κ3) is 5.03. The van der Waals surface area contributed by atoms with Crippen LogP contribution in [0.5, 0.6) is 0 Å². The first kappa shape index (κ1) is 22.7. The maximum Gasteiger partial charge on any atom is 0.274 e. The predicted molar refractivity (Wildman–Crippen MR) is 108 cm³/mol. The van der Waals surface area contributed by atoms with Gasteiger partial charge in [-0.1, -0.05) is 6.07 Å². The molecule has 1 aliphatic heterocycles. The Hall–Kier alpha value is -2.96. The summed E-state index contributed by atoms with van der Waals surface area (Å²) in [5, 5.41) is 13.7. The Balaban J connectivity index is 1.59. The van der Waals surface area contributed by atoms with Crippen LogP contribution in [0.15, 0.2) is 41.3 Å². The fourth-order valence-corrected chi connectivity index (χ4v) is 4.70. The van der Waals surface area contributed by atoms with Gasteiger partial charge in [-0.3, -0.25) is 19.8 Å². The Labute approximate surface area is 177 Å². The molecule has 1 saturated heterocycles.